The Hall–Kier alpha value is -2.20. The highest BCUT2D eigenvalue weighted by atomic mass is 16.1. The molecular formula is C27H44N6O. The maximum absolute atomic E-state index is 11.6. The Balaban J connectivity index is 1.48. The van der Waals surface area contributed by atoms with E-state index >= 15 is 0 Å². The normalized spacial score (nSPS) is 22.3. The van der Waals surface area contributed by atoms with Gasteiger partial charge in [-0.2, -0.15) is 5.26 Å². The molecule has 1 saturated carbocycles. The van der Waals surface area contributed by atoms with Crippen molar-refractivity contribution in [1.29, 1.82) is 5.26 Å². The van der Waals surface area contributed by atoms with Gasteiger partial charge in [-0.15, -0.1) is 0 Å². The summed E-state index contributed by atoms with van der Waals surface area (Å²) in [6.07, 6.45) is 5.61. The summed E-state index contributed by atoms with van der Waals surface area (Å²) in [5.74, 6) is 2.61. The second-order valence-electron chi connectivity index (χ2n) is 12.2. The summed E-state index contributed by atoms with van der Waals surface area (Å²) in [4.78, 5) is 26.5. The van der Waals surface area contributed by atoms with Crippen molar-refractivity contribution >= 4 is 11.7 Å². The van der Waals surface area contributed by atoms with Gasteiger partial charge in [0.25, 0.3) is 0 Å². The average molecular weight is 469 g/mol. The van der Waals surface area contributed by atoms with Crippen LogP contribution in [0.5, 0.6) is 0 Å². The third kappa shape index (κ3) is 7.40. The van der Waals surface area contributed by atoms with Gasteiger partial charge in [0.2, 0.25) is 5.91 Å². The minimum absolute atomic E-state index is 0.00293. The zero-order valence-electron chi connectivity index (χ0n) is 22.2. The molecule has 2 fully saturated rings. The van der Waals surface area contributed by atoms with E-state index < -0.39 is 0 Å². The largest absolute Gasteiger partial charge is 0.354 e. The SMILES string of the molecule is CC(C)(C)c1cc(N2CCN(CCC3CCC(NC(=O)CC#N)CC3)CC2)nc(C(C)(C)C)n1. The van der Waals surface area contributed by atoms with E-state index in [0.717, 1.165) is 68.8 Å². The van der Waals surface area contributed by atoms with Gasteiger partial charge in [0.05, 0.1) is 11.8 Å². The van der Waals surface area contributed by atoms with Crippen LogP contribution >= 0.6 is 0 Å². The number of nitriles is 1. The van der Waals surface area contributed by atoms with Gasteiger partial charge in [0.1, 0.15) is 18.1 Å². The first-order chi connectivity index (χ1) is 16.0. The van der Waals surface area contributed by atoms with Crippen molar-refractivity contribution in [3.05, 3.63) is 17.6 Å². The molecule has 1 aromatic rings. The molecule has 1 N–H and O–H groups in total. The van der Waals surface area contributed by atoms with Crippen molar-refractivity contribution in [2.24, 2.45) is 5.92 Å². The minimum atomic E-state index is -0.128. The molecule has 34 heavy (non-hydrogen) atoms. The third-order valence-electron chi connectivity index (χ3n) is 7.15. The molecular weight excluding hydrogens is 424 g/mol. The molecule has 188 valence electrons. The van der Waals surface area contributed by atoms with Crippen LogP contribution in [0.25, 0.3) is 0 Å². The summed E-state index contributed by atoms with van der Waals surface area (Å²) in [6, 6.07) is 4.37. The van der Waals surface area contributed by atoms with Crippen LogP contribution in [-0.2, 0) is 15.6 Å². The first-order valence-corrected chi connectivity index (χ1v) is 13.0. The molecule has 0 aromatic carbocycles. The van der Waals surface area contributed by atoms with Crippen LogP contribution in [0.1, 0.15) is 91.6 Å². The summed E-state index contributed by atoms with van der Waals surface area (Å²) in [6.45, 7) is 18.5. The fraction of sp³-hybridized carbons (Fsp3) is 0.778. The number of hydrogen-bond acceptors (Lipinski definition) is 6. The molecule has 0 unspecified atom stereocenters. The Labute approximate surface area is 206 Å². The van der Waals surface area contributed by atoms with Crippen LogP contribution < -0.4 is 10.2 Å². The van der Waals surface area contributed by atoms with Crippen molar-refractivity contribution in [2.75, 3.05) is 37.6 Å². The predicted molar refractivity (Wildman–Crippen MR) is 137 cm³/mol. The van der Waals surface area contributed by atoms with Crippen molar-refractivity contribution in [2.45, 2.75) is 96.9 Å². The lowest BCUT2D eigenvalue weighted by Gasteiger charge is -2.37. The molecule has 7 heteroatoms. The Morgan fingerprint density at radius 3 is 2.24 bits per heavy atom. The van der Waals surface area contributed by atoms with Crippen LogP contribution in [0.4, 0.5) is 5.82 Å². The van der Waals surface area contributed by atoms with Crippen LogP contribution in [0.3, 0.4) is 0 Å². The summed E-state index contributed by atoms with van der Waals surface area (Å²) in [7, 11) is 0. The maximum Gasteiger partial charge on any atom is 0.234 e. The third-order valence-corrected chi connectivity index (χ3v) is 7.15. The van der Waals surface area contributed by atoms with E-state index in [1.165, 1.54) is 19.3 Å². The number of aromatic nitrogens is 2. The maximum atomic E-state index is 11.6. The molecule has 7 nitrogen and oxygen atoms in total. The lowest BCUT2D eigenvalue weighted by molar-refractivity contribution is -0.121. The van der Waals surface area contributed by atoms with Crippen molar-refractivity contribution < 1.29 is 4.79 Å². The number of hydrogen-bond donors (Lipinski definition) is 1. The van der Waals surface area contributed by atoms with Crippen LogP contribution in [0, 0.1) is 17.2 Å². The second kappa shape index (κ2) is 11.0. The van der Waals surface area contributed by atoms with E-state index in [-0.39, 0.29) is 29.2 Å². The number of nitrogens with zero attached hydrogens (tertiary/aromatic N) is 5. The quantitative estimate of drug-likeness (QED) is 0.674. The molecule has 2 aliphatic rings. The highest BCUT2D eigenvalue weighted by molar-refractivity contribution is 5.78. The number of nitrogens with one attached hydrogen (secondary N) is 1. The summed E-state index contributed by atoms with van der Waals surface area (Å²) in [5, 5.41) is 11.7. The molecule has 1 aliphatic carbocycles. The molecule has 1 aromatic heterocycles. The van der Waals surface area contributed by atoms with Gasteiger partial charge in [-0.25, -0.2) is 9.97 Å². The smallest absolute Gasteiger partial charge is 0.234 e. The van der Waals surface area contributed by atoms with Gasteiger partial charge in [-0.1, -0.05) is 41.5 Å². The summed E-state index contributed by atoms with van der Waals surface area (Å²) in [5.41, 5.74) is 1.04. The number of amides is 1. The number of rotatable bonds is 6. The summed E-state index contributed by atoms with van der Waals surface area (Å²) >= 11 is 0. The number of carbonyl (C=O) groups excluding carboxylic acids is 1. The lowest BCUT2D eigenvalue weighted by Crippen LogP contribution is -2.47. The Morgan fingerprint density at radius 2 is 1.68 bits per heavy atom. The average Bonchev–Trinajstić information content (AvgIpc) is 2.78. The van der Waals surface area contributed by atoms with Gasteiger partial charge in [-0.3, -0.25) is 9.69 Å². The van der Waals surface area contributed by atoms with Crippen LogP contribution in [-0.4, -0.2) is 59.5 Å². The molecule has 0 bridgehead atoms. The fourth-order valence-corrected chi connectivity index (χ4v) is 4.83. The van der Waals surface area contributed by atoms with Gasteiger partial charge >= 0.3 is 0 Å². The molecule has 1 amide bonds. The fourth-order valence-electron chi connectivity index (χ4n) is 4.83. The van der Waals surface area contributed by atoms with E-state index in [1.54, 1.807) is 0 Å². The van der Waals surface area contributed by atoms with E-state index in [1.807, 2.05) is 6.07 Å². The molecule has 2 heterocycles. The van der Waals surface area contributed by atoms with Gasteiger partial charge in [0.15, 0.2) is 0 Å². The Kier molecular flexibility index (Phi) is 8.57. The molecule has 0 radical (unpaired) electrons. The first kappa shape index (κ1) is 26.4. The molecule has 0 atom stereocenters. The number of anilines is 1. The lowest BCUT2D eigenvalue weighted by atomic mass is 9.84. The highest BCUT2D eigenvalue weighted by Crippen LogP contribution is 2.29. The molecule has 3 rings (SSSR count). The summed E-state index contributed by atoms with van der Waals surface area (Å²) < 4.78 is 0. The van der Waals surface area contributed by atoms with Gasteiger partial charge in [-0.05, 0) is 44.6 Å². The Morgan fingerprint density at radius 1 is 1.03 bits per heavy atom. The van der Waals surface area contributed by atoms with Gasteiger partial charge < -0.3 is 10.2 Å². The predicted octanol–water partition coefficient (Wildman–Crippen LogP) is 4.17. The standard InChI is InChI=1S/C27H44N6O/c1-26(2,3)22-19-23(31-25(30-22)27(4,5)6)33-17-15-32(16-18-33)14-12-20-7-9-21(10-8-20)29-24(34)11-13-28/h19-21H,7-12,14-18H2,1-6H3,(H,29,34). The topological polar surface area (TPSA) is 85.1 Å². The molecule has 0 spiro atoms. The number of carbonyl (C=O) groups is 1. The van der Waals surface area contributed by atoms with E-state index in [4.69, 9.17) is 15.2 Å². The van der Waals surface area contributed by atoms with E-state index in [9.17, 15) is 4.79 Å². The van der Waals surface area contributed by atoms with E-state index in [0.29, 0.717) is 0 Å². The van der Waals surface area contributed by atoms with Gasteiger partial charge in [0, 0.05) is 49.1 Å². The minimum Gasteiger partial charge on any atom is -0.354 e. The molecule has 1 saturated heterocycles. The number of piperazine rings is 1. The zero-order chi connectivity index (χ0) is 24.9. The van der Waals surface area contributed by atoms with Crippen LogP contribution in [0.2, 0.25) is 0 Å². The van der Waals surface area contributed by atoms with Crippen molar-refractivity contribution in [3.63, 3.8) is 0 Å². The second-order valence-corrected chi connectivity index (χ2v) is 12.2. The zero-order valence-corrected chi connectivity index (χ0v) is 22.2. The van der Waals surface area contributed by atoms with E-state index in [2.05, 4.69) is 62.7 Å². The van der Waals surface area contributed by atoms with Crippen molar-refractivity contribution in [1.82, 2.24) is 20.2 Å². The first-order valence-electron chi connectivity index (χ1n) is 13.0. The highest BCUT2D eigenvalue weighted by Gasteiger charge is 2.27. The van der Waals surface area contributed by atoms with Crippen molar-refractivity contribution in [3.8, 4) is 6.07 Å². The Bertz CT molecular complexity index is 830. The van der Waals surface area contributed by atoms with Crippen LogP contribution in [0.15, 0.2) is 6.07 Å². The molecule has 1 aliphatic heterocycles. The monoisotopic (exact) mass is 468 g/mol.